The van der Waals surface area contributed by atoms with Gasteiger partial charge >= 0.3 is 0 Å². The minimum atomic E-state index is 0.131. The van der Waals surface area contributed by atoms with Crippen LogP contribution in [0.4, 0.5) is 0 Å². The average Bonchev–Trinajstić information content (AvgIpc) is 2.69. The lowest BCUT2D eigenvalue weighted by atomic mass is 10.2. The summed E-state index contributed by atoms with van der Waals surface area (Å²) >= 11 is 0. The maximum Gasteiger partial charge on any atom is 0.220 e. The number of carbonyl (C=O) groups excluding carboxylic acids is 1. The highest BCUT2D eigenvalue weighted by Crippen LogP contribution is 1.97. The first kappa shape index (κ1) is 26.9. The molecule has 0 spiro atoms. The highest BCUT2D eigenvalue weighted by molar-refractivity contribution is 5.75. The highest BCUT2D eigenvalue weighted by atomic mass is 16.1. The van der Waals surface area contributed by atoms with Gasteiger partial charge in [0.05, 0.1) is 0 Å². The van der Waals surface area contributed by atoms with E-state index in [0.717, 1.165) is 58.0 Å². The summed E-state index contributed by atoms with van der Waals surface area (Å²) in [5.41, 5.74) is 0. The number of rotatable bonds is 17. The molecule has 0 aromatic carbocycles. The van der Waals surface area contributed by atoms with Gasteiger partial charge in [0.15, 0.2) is 0 Å². The first-order valence-electron chi connectivity index (χ1n) is 11.0. The van der Waals surface area contributed by atoms with Crippen molar-refractivity contribution in [1.82, 2.24) is 10.2 Å². The Morgan fingerprint density at radius 1 is 0.690 bits per heavy atom. The summed E-state index contributed by atoms with van der Waals surface area (Å²) in [4.78, 5) is 13.7. The van der Waals surface area contributed by atoms with Gasteiger partial charge in [-0.15, -0.1) is 0 Å². The predicted octanol–water partition coefficient (Wildman–Crippen LogP) is 6.14. The summed E-state index contributed by atoms with van der Waals surface area (Å²) in [5, 5.41) is 2.93. The standard InChI is InChI=1S/C26H42N2O/c1-4-5-6-7-8-9-10-11-12-13-14-15-16-17-18-19-20-21-22-23-26(29)27-24-25-28(2)3/h5-6,8-9,11-12,14-15,17-18,20-21H,4,7,10,13,16,19,22-25H2,1-3H3,(H,27,29)/b6-5+,9-8+,12-11+,15-14+,18-17+,21-20+. The van der Waals surface area contributed by atoms with Crippen molar-refractivity contribution in [1.29, 1.82) is 0 Å². The Morgan fingerprint density at radius 2 is 1.10 bits per heavy atom. The van der Waals surface area contributed by atoms with Crippen molar-refractivity contribution in [2.45, 2.75) is 58.3 Å². The lowest BCUT2D eigenvalue weighted by Crippen LogP contribution is -2.31. The van der Waals surface area contributed by atoms with Crippen LogP contribution in [-0.2, 0) is 4.79 Å². The molecular formula is C26H42N2O. The normalized spacial score (nSPS) is 13.0. The van der Waals surface area contributed by atoms with E-state index < -0.39 is 0 Å². The summed E-state index contributed by atoms with van der Waals surface area (Å²) in [6, 6.07) is 0. The van der Waals surface area contributed by atoms with Crippen molar-refractivity contribution in [3.8, 4) is 0 Å². The first-order chi connectivity index (χ1) is 14.2. The zero-order valence-corrected chi connectivity index (χ0v) is 18.9. The topological polar surface area (TPSA) is 32.3 Å². The second-order valence-electron chi connectivity index (χ2n) is 7.11. The summed E-state index contributed by atoms with van der Waals surface area (Å²) < 4.78 is 0. The number of amides is 1. The molecule has 0 unspecified atom stereocenters. The van der Waals surface area contributed by atoms with Crippen molar-refractivity contribution >= 4 is 5.91 Å². The van der Waals surface area contributed by atoms with Crippen molar-refractivity contribution in [2.24, 2.45) is 0 Å². The Morgan fingerprint density at radius 3 is 1.52 bits per heavy atom. The SMILES string of the molecule is CC/C=C/C/C=C/C/C=C/C/C=C/C/C=C/C/C=C/CCC(=O)NCCN(C)C. The molecule has 0 atom stereocenters. The van der Waals surface area contributed by atoms with Crippen molar-refractivity contribution in [3.05, 3.63) is 72.9 Å². The fraction of sp³-hybridized carbons (Fsp3) is 0.500. The monoisotopic (exact) mass is 398 g/mol. The fourth-order valence-electron chi connectivity index (χ4n) is 2.36. The van der Waals surface area contributed by atoms with E-state index in [1.54, 1.807) is 0 Å². The molecule has 0 radical (unpaired) electrons. The molecule has 1 amide bonds. The molecule has 0 saturated heterocycles. The van der Waals surface area contributed by atoms with E-state index in [1.807, 2.05) is 14.1 Å². The molecule has 0 aliphatic rings. The summed E-state index contributed by atoms with van der Waals surface area (Å²) in [6.07, 6.45) is 33.7. The zero-order chi connectivity index (χ0) is 21.4. The lowest BCUT2D eigenvalue weighted by molar-refractivity contribution is -0.121. The van der Waals surface area contributed by atoms with Gasteiger partial charge in [0, 0.05) is 19.5 Å². The molecule has 3 heteroatoms. The van der Waals surface area contributed by atoms with Gasteiger partial charge < -0.3 is 10.2 Å². The third-order valence-electron chi connectivity index (χ3n) is 4.02. The van der Waals surface area contributed by atoms with E-state index in [0.29, 0.717) is 6.42 Å². The Bertz CT molecular complexity index is 551. The van der Waals surface area contributed by atoms with Crippen LogP contribution in [0.3, 0.4) is 0 Å². The van der Waals surface area contributed by atoms with Gasteiger partial charge in [-0.05, 0) is 59.0 Å². The van der Waals surface area contributed by atoms with Gasteiger partial charge in [-0.2, -0.15) is 0 Å². The summed E-state index contributed by atoms with van der Waals surface area (Å²) in [7, 11) is 4.01. The number of nitrogens with one attached hydrogen (secondary N) is 1. The molecule has 0 fully saturated rings. The summed E-state index contributed by atoms with van der Waals surface area (Å²) in [6.45, 7) is 3.75. The number of likely N-dealkylation sites (N-methyl/N-ethyl adjacent to an activating group) is 1. The Hall–Kier alpha value is -2.13. The predicted molar refractivity (Wildman–Crippen MR) is 129 cm³/mol. The molecule has 0 rings (SSSR count). The van der Waals surface area contributed by atoms with Crippen LogP contribution in [0.15, 0.2) is 72.9 Å². The fourth-order valence-corrected chi connectivity index (χ4v) is 2.36. The quantitative estimate of drug-likeness (QED) is 0.298. The van der Waals surface area contributed by atoms with E-state index in [1.165, 1.54) is 0 Å². The summed E-state index contributed by atoms with van der Waals surface area (Å²) in [5.74, 6) is 0.131. The van der Waals surface area contributed by atoms with Crippen molar-refractivity contribution < 1.29 is 4.79 Å². The molecule has 162 valence electrons. The van der Waals surface area contributed by atoms with Crippen molar-refractivity contribution in [3.63, 3.8) is 0 Å². The lowest BCUT2D eigenvalue weighted by Gasteiger charge is -2.09. The van der Waals surface area contributed by atoms with Crippen LogP contribution < -0.4 is 5.32 Å². The van der Waals surface area contributed by atoms with Gasteiger partial charge in [-0.1, -0.05) is 79.8 Å². The first-order valence-corrected chi connectivity index (χ1v) is 11.0. The van der Waals surface area contributed by atoms with E-state index in [9.17, 15) is 4.79 Å². The number of hydrogen-bond acceptors (Lipinski definition) is 2. The third-order valence-corrected chi connectivity index (χ3v) is 4.02. The molecule has 0 aromatic rings. The number of nitrogens with zero attached hydrogens (tertiary/aromatic N) is 1. The minimum Gasteiger partial charge on any atom is -0.355 e. The van der Waals surface area contributed by atoms with Crippen LogP contribution in [0.25, 0.3) is 0 Å². The Balaban J connectivity index is 3.56. The molecule has 0 aliphatic heterocycles. The molecular weight excluding hydrogens is 356 g/mol. The second kappa shape index (κ2) is 22.2. The largest absolute Gasteiger partial charge is 0.355 e. The molecule has 0 aromatic heterocycles. The third kappa shape index (κ3) is 23.8. The van der Waals surface area contributed by atoms with Gasteiger partial charge in [0.1, 0.15) is 0 Å². The number of allylic oxidation sites excluding steroid dienone is 12. The molecule has 29 heavy (non-hydrogen) atoms. The van der Waals surface area contributed by atoms with Gasteiger partial charge in [0.2, 0.25) is 5.91 Å². The molecule has 0 aliphatic carbocycles. The van der Waals surface area contributed by atoms with E-state index >= 15 is 0 Å². The molecule has 1 N–H and O–H groups in total. The molecule has 0 heterocycles. The van der Waals surface area contributed by atoms with Crippen LogP contribution in [-0.4, -0.2) is 38.0 Å². The number of carbonyl (C=O) groups is 1. The zero-order valence-electron chi connectivity index (χ0n) is 18.9. The van der Waals surface area contributed by atoms with E-state index in [-0.39, 0.29) is 5.91 Å². The molecule has 0 saturated carbocycles. The molecule has 0 bridgehead atoms. The second-order valence-corrected chi connectivity index (χ2v) is 7.11. The van der Waals surface area contributed by atoms with E-state index in [2.05, 4.69) is 90.1 Å². The van der Waals surface area contributed by atoms with Crippen LogP contribution in [0.2, 0.25) is 0 Å². The van der Waals surface area contributed by atoms with Crippen LogP contribution in [0.1, 0.15) is 58.3 Å². The maximum atomic E-state index is 11.6. The smallest absolute Gasteiger partial charge is 0.220 e. The molecule has 3 nitrogen and oxygen atoms in total. The minimum absolute atomic E-state index is 0.131. The maximum absolute atomic E-state index is 11.6. The van der Waals surface area contributed by atoms with Crippen molar-refractivity contribution in [2.75, 3.05) is 27.2 Å². The average molecular weight is 399 g/mol. The van der Waals surface area contributed by atoms with Gasteiger partial charge in [-0.3, -0.25) is 4.79 Å². The van der Waals surface area contributed by atoms with Gasteiger partial charge in [0.25, 0.3) is 0 Å². The van der Waals surface area contributed by atoms with E-state index in [4.69, 9.17) is 0 Å². The van der Waals surface area contributed by atoms with Gasteiger partial charge in [-0.25, -0.2) is 0 Å². The van der Waals surface area contributed by atoms with Crippen LogP contribution >= 0.6 is 0 Å². The Kier molecular flexibility index (Phi) is 20.5. The highest BCUT2D eigenvalue weighted by Gasteiger charge is 1.98. The Labute approximate surface area is 179 Å². The number of hydrogen-bond donors (Lipinski definition) is 1. The van der Waals surface area contributed by atoms with Crippen LogP contribution in [0, 0.1) is 0 Å². The van der Waals surface area contributed by atoms with Crippen LogP contribution in [0.5, 0.6) is 0 Å².